The van der Waals surface area contributed by atoms with Crippen LogP contribution < -0.4 is 4.74 Å². The van der Waals surface area contributed by atoms with Crippen LogP contribution in [0.1, 0.15) is 35.8 Å². The van der Waals surface area contributed by atoms with Crippen LogP contribution >= 0.6 is 0 Å². The van der Waals surface area contributed by atoms with Gasteiger partial charge >= 0.3 is 0 Å². The molecule has 4 nitrogen and oxygen atoms in total. The van der Waals surface area contributed by atoms with Crippen LogP contribution in [0.5, 0.6) is 5.75 Å². The van der Waals surface area contributed by atoms with Crippen LogP contribution in [0.15, 0.2) is 60.7 Å². The van der Waals surface area contributed by atoms with Gasteiger partial charge in [0.25, 0.3) is 0 Å². The Balaban J connectivity index is 1.58. The first kappa shape index (κ1) is 20.1. The second-order valence-electron chi connectivity index (χ2n) is 7.70. The minimum Gasteiger partial charge on any atom is -0.497 e. The highest BCUT2D eigenvalue weighted by Gasteiger charge is 2.31. The van der Waals surface area contributed by atoms with Crippen molar-refractivity contribution in [3.63, 3.8) is 0 Å². The molecule has 1 amide bonds. The van der Waals surface area contributed by atoms with Gasteiger partial charge in [-0.3, -0.25) is 9.78 Å². The number of amides is 1. The number of aromatic nitrogens is 1. The molecule has 1 unspecified atom stereocenters. The maximum Gasteiger partial charge on any atom is 0.227 e. The molecule has 0 N–H and O–H groups in total. The number of benzene rings is 2. The third-order valence-corrected chi connectivity index (χ3v) is 5.55. The van der Waals surface area contributed by atoms with Crippen molar-refractivity contribution in [1.29, 1.82) is 0 Å². The van der Waals surface area contributed by atoms with Crippen molar-refractivity contribution >= 4 is 5.91 Å². The smallest absolute Gasteiger partial charge is 0.227 e. The van der Waals surface area contributed by atoms with Crippen molar-refractivity contribution in [3.8, 4) is 16.9 Å². The molecule has 0 bridgehead atoms. The number of pyridine rings is 1. The average molecular weight is 404 g/mol. The molecule has 1 saturated heterocycles. The summed E-state index contributed by atoms with van der Waals surface area (Å²) >= 11 is 0. The fourth-order valence-electron chi connectivity index (χ4n) is 4.11. The number of methoxy groups -OCH3 is 1. The first-order chi connectivity index (χ1) is 14.5. The Labute approximate surface area is 176 Å². The van der Waals surface area contributed by atoms with Crippen LogP contribution in [-0.2, 0) is 11.2 Å². The molecule has 5 heteroatoms. The Kier molecular flexibility index (Phi) is 5.79. The Hall–Kier alpha value is -3.21. The zero-order chi connectivity index (χ0) is 21.1. The van der Waals surface area contributed by atoms with Gasteiger partial charge in [0.1, 0.15) is 11.6 Å². The van der Waals surface area contributed by atoms with E-state index >= 15 is 0 Å². The highest BCUT2D eigenvalue weighted by Crippen LogP contribution is 2.34. The molecule has 1 atom stereocenters. The second kappa shape index (κ2) is 8.66. The number of halogens is 1. The molecule has 0 radical (unpaired) electrons. The largest absolute Gasteiger partial charge is 0.497 e. The molecule has 1 aromatic heterocycles. The van der Waals surface area contributed by atoms with E-state index in [9.17, 15) is 9.18 Å². The highest BCUT2D eigenvalue weighted by molar-refractivity contribution is 5.79. The Morgan fingerprint density at radius 1 is 1.13 bits per heavy atom. The van der Waals surface area contributed by atoms with E-state index in [2.05, 4.69) is 0 Å². The highest BCUT2D eigenvalue weighted by atomic mass is 19.1. The van der Waals surface area contributed by atoms with E-state index in [-0.39, 0.29) is 17.8 Å². The standard InChI is InChI=1S/C25H25FN2O2/c1-17-13-20(19-8-10-21(26)11-9-19)16-23(27-17)24-7-4-12-28(24)25(29)15-18-5-3-6-22(14-18)30-2/h3,5-6,8-11,13-14,16,24H,4,7,12,15H2,1-2H3. The number of carbonyl (C=O) groups is 1. The summed E-state index contributed by atoms with van der Waals surface area (Å²) < 4.78 is 18.6. The molecule has 0 aliphatic carbocycles. The summed E-state index contributed by atoms with van der Waals surface area (Å²) in [6.07, 6.45) is 2.18. The van der Waals surface area contributed by atoms with Crippen molar-refractivity contribution in [2.75, 3.05) is 13.7 Å². The lowest BCUT2D eigenvalue weighted by Crippen LogP contribution is -2.32. The van der Waals surface area contributed by atoms with E-state index in [0.717, 1.165) is 53.2 Å². The fourth-order valence-corrected chi connectivity index (χ4v) is 4.11. The molecule has 154 valence electrons. The number of carbonyl (C=O) groups excluding carboxylic acids is 1. The van der Waals surface area contributed by atoms with Crippen LogP contribution in [0, 0.1) is 12.7 Å². The lowest BCUT2D eigenvalue weighted by Gasteiger charge is -2.25. The van der Waals surface area contributed by atoms with Crippen LogP contribution in [0.3, 0.4) is 0 Å². The van der Waals surface area contributed by atoms with E-state index in [0.29, 0.717) is 6.42 Å². The minimum atomic E-state index is -0.255. The van der Waals surface area contributed by atoms with E-state index < -0.39 is 0 Å². The summed E-state index contributed by atoms with van der Waals surface area (Å²) in [5.41, 5.74) is 4.65. The molecule has 1 fully saturated rings. The van der Waals surface area contributed by atoms with E-state index in [1.165, 1.54) is 12.1 Å². The molecular weight excluding hydrogens is 379 g/mol. The first-order valence-corrected chi connectivity index (χ1v) is 10.2. The quantitative estimate of drug-likeness (QED) is 0.593. The molecule has 30 heavy (non-hydrogen) atoms. The van der Waals surface area contributed by atoms with Gasteiger partial charge in [0, 0.05) is 12.2 Å². The number of rotatable bonds is 5. The number of hydrogen-bond donors (Lipinski definition) is 0. The van der Waals surface area contributed by atoms with Crippen LogP contribution in [-0.4, -0.2) is 29.4 Å². The van der Waals surface area contributed by atoms with Crippen molar-refractivity contribution in [3.05, 3.63) is 83.4 Å². The number of hydrogen-bond acceptors (Lipinski definition) is 3. The van der Waals surface area contributed by atoms with Gasteiger partial charge in [-0.05, 0) is 72.9 Å². The summed E-state index contributed by atoms with van der Waals surface area (Å²) in [4.78, 5) is 19.8. The van der Waals surface area contributed by atoms with Gasteiger partial charge in [0.05, 0.1) is 25.3 Å². The molecule has 0 spiro atoms. The van der Waals surface area contributed by atoms with Gasteiger partial charge in [0.2, 0.25) is 5.91 Å². The van der Waals surface area contributed by atoms with E-state index in [4.69, 9.17) is 9.72 Å². The van der Waals surface area contributed by atoms with Gasteiger partial charge in [-0.15, -0.1) is 0 Å². The topological polar surface area (TPSA) is 42.4 Å². The summed E-state index contributed by atoms with van der Waals surface area (Å²) in [5, 5.41) is 0. The molecule has 1 aliphatic rings. The number of nitrogens with zero attached hydrogens (tertiary/aromatic N) is 2. The maximum absolute atomic E-state index is 13.3. The van der Waals surface area contributed by atoms with Crippen molar-refractivity contribution in [1.82, 2.24) is 9.88 Å². The number of ether oxygens (including phenoxy) is 1. The lowest BCUT2D eigenvalue weighted by molar-refractivity contribution is -0.131. The van der Waals surface area contributed by atoms with Gasteiger partial charge in [-0.1, -0.05) is 24.3 Å². The molecular formula is C25H25FN2O2. The molecule has 2 aromatic carbocycles. The molecule has 1 aliphatic heterocycles. The van der Waals surface area contributed by atoms with E-state index in [1.54, 1.807) is 19.2 Å². The third kappa shape index (κ3) is 4.35. The zero-order valence-electron chi connectivity index (χ0n) is 17.3. The third-order valence-electron chi connectivity index (χ3n) is 5.55. The predicted octanol–water partition coefficient (Wildman–Crippen LogP) is 5.11. The molecule has 2 heterocycles. The van der Waals surface area contributed by atoms with Crippen molar-refractivity contribution < 1.29 is 13.9 Å². The normalized spacial score (nSPS) is 16.0. The fraction of sp³-hybridized carbons (Fsp3) is 0.280. The number of likely N-dealkylation sites (tertiary alicyclic amines) is 1. The van der Waals surface area contributed by atoms with Gasteiger partial charge in [0.15, 0.2) is 0 Å². The van der Waals surface area contributed by atoms with Gasteiger partial charge < -0.3 is 9.64 Å². The SMILES string of the molecule is COc1cccc(CC(=O)N2CCCC2c2cc(-c3ccc(F)cc3)cc(C)n2)c1. The zero-order valence-corrected chi connectivity index (χ0v) is 17.3. The Morgan fingerprint density at radius 3 is 2.70 bits per heavy atom. The van der Waals surface area contributed by atoms with Crippen molar-refractivity contribution in [2.45, 2.75) is 32.2 Å². The Morgan fingerprint density at radius 2 is 1.93 bits per heavy atom. The summed E-state index contributed by atoms with van der Waals surface area (Å²) in [5.74, 6) is 0.592. The summed E-state index contributed by atoms with van der Waals surface area (Å²) in [7, 11) is 1.62. The number of aryl methyl sites for hydroxylation is 1. The van der Waals surface area contributed by atoms with Crippen molar-refractivity contribution in [2.24, 2.45) is 0 Å². The monoisotopic (exact) mass is 404 g/mol. The predicted molar refractivity (Wildman–Crippen MR) is 115 cm³/mol. The first-order valence-electron chi connectivity index (χ1n) is 10.2. The van der Waals surface area contributed by atoms with Gasteiger partial charge in [-0.25, -0.2) is 4.39 Å². The maximum atomic E-state index is 13.3. The molecule has 4 rings (SSSR count). The average Bonchev–Trinajstić information content (AvgIpc) is 3.24. The van der Waals surface area contributed by atoms with Gasteiger partial charge in [-0.2, -0.15) is 0 Å². The minimum absolute atomic E-state index is 0.0396. The summed E-state index contributed by atoms with van der Waals surface area (Å²) in [6.45, 7) is 2.68. The summed E-state index contributed by atoms with van der Waals surface area (Å²) in [6, 6.07) is 18.1. The van der Waals surface area contributed by atoms with Crippen LogP contribution in [0.2, 0.25) is 0 Å². The molecule has 0 saturated carbocycles. The second-order valence-corrected chi connectivity index (χ2v) is 7.70. The Bertz CT molecular complexity index is 1050. The van der Waals surface area contributed by atoms with Crippen LogP contribution in [0.4, 0.5) is 4.39 Å². The lowest BCUT2D eigenvalue weighted by atomic mass is 10.0. The van der Waals surface area contributed by atoms with Crippen LogP contribution in [0.25, 0.3) is 11.1 Å². The molecule has 3 aromatic rings. The van der Waals surface area contributed by atoms with E-state index in [1.807, 2.05) is 48.2 Å².